The third kappa shape index (κ3) is 2.32. The van der Waals surface area contributed by atoms with Crippen molar-refractivity contribution in [3.05, 3.63) is 40.8 Å². The van der Waals surface area contributed by atoms with E-state index >= 15 is 0 Å². The van der Waals surface area contributed by atoms with Gasteiger partial charge in [0.2, 0.25) is 0 Å². The lowest BCUT2D eigenvalue weighted by Gasteiger charge is -2.16. The van der Waals surface area contributed by atoms with Gasteiger partial charge in [-0.1, -0.05) is 12.1 Å². The van der Waals surface area contributed by atoms with E-state index in [0.717, 1.165) is 0 Å². The first-order valence-electron chi connectivity index (χ1n) is 5.24. The first-order valence-corrected chi connectivity index (χ1v) is 5.24. The number of fused-ring (bicyclic) bond motifs is 1. The van der Waals surface area contributed by atoms with Gasteiger partial charge in [0.1, 0.15) is 12.4 Å². The summed E-state index contributed by atoms with van der Waals surface area (Å²) in [5.74, 6) is -0.0442. The van der Waals surface area contributed by atoms with Gasteiger partial charge in [0, 0.05) is 6.20 Å². The maximum atomic E-state index is 12.4. The number of benzene rings is 1. The first kappa shape index (κ1) is 12.5. The highest BCUT2D eigenvalue weighted by Crippen LogP contribution is 2.24. The van der Waals surface area contributed by atoms with E-state index in [9.17, 15) is 18.0 Å². The number of pyridine rings is 1. The second-order valence-corrected chi connectivity index (χ2v) is 3.67. The van der Waals surface area contributed by atoms with Gasteiger partial charge in [-0.15, -0.1) is 0 Å². The average molecular weight is 257 g/mol. The molecule has 3 nitrogen and oxygen atoms in total. The molecule has 0 bridgehead atoms. The Morgan fingerprint density at radius 3 is 2.72 bits per heavy atom. The Kier molecular flexibility index (Phi) is 3.55. The van der Waals surface area contributed by atoms with Gasteiger partial charge in [0.25, 0.3) is 12.0 Å². The molecule has 0 spiro atoms. The molecule has 1 atom stereocenters. The minimum atomic E-state index is -2.95. The molecule has 0 radical (unpaired) electrons. The van der Waals surface area contributed by atoms with Crippen molar-refractivity contribution in [2.75, 3.05) is 6.67 Å². The molecule has 1 aromatic carbocycles. The van der Waals surface area contributed by atoms with Crippen molar-refractivity contribution in [2.24, 2.45) is 0 Å². The summed E-state index contributed by atoms with van der Waals surface area (Å²) >= 11 is 0. The van der Waals surface area contributed by atoms with E-state index < -0.39 is 24.8 Å². The van der Waals surface area contributed by atoms with E-state index in [-0.39, 0.29) is 11.1 Å². The van der Waals surface area contributed by atoms with Crippen molar-refractivity contribution < 1.29 is 17.9 Å². The predicted octanol–water partition coefficient (Wildman–Crippen LogP) is 2.51. The first-order chi connectivity index (χ1) is 8.63. The third-order valence-corrected chi connectivity index (χ3v) is 2.47. The molecule has 96 valence electrons. The van der Waals surface area contributed by atoms with Crippen molar-refractivity contribution in [1.82, 2.24) is 4.98 Å². The maximum Gasteiger partial charge on any atom is 0.277 e. The van der Waals surface area contributed by atoms with Gasteiger partial charge in [-0.2, -0.15) is 0 Å². The van der Waals surface area contributed by atoms with Crippen molar-refractivity contribution >= 4 is 10.8 Å². The Morgan fingerprint density at radius 1 is 1.28 bits per heavy atom. The number of halogens is 3. The van der Waals surface area contributed by atoms with Crippen molar-refractivity contribution in [3.8, 4) is 5.75 Å². The number of H-pyrrole nitrogens is 1. The summed E-state index contributed by atoms with van der Waals surface area (Å²) in [6.07, 6.45) is -3.38. The van der Waals surface area contributed by atoms with Gasteiger partial charge >= 0.3 is 0 Å². The number of aromatic amines is 1. The van der Waals surface area contributed by atoms with Crippen LogP contribution in [-0.2, 0) is 0 Å². The Hall–Kier alpha value is -1.98. The van der Waals surface area contributed by atoms with Crippen LogP contribution in [0.25, 0.3) is 10.8 Å². The normalized spacial score (nSPS) is 12.9. The van der Waals surface area contributed by atoms with Crippen LogP contribution in [0.1, 0.15) is 0 Å². The Labute approximate surface area is 100 Å². The number of rotatable bonds is 4. The lowest BCUT2D eigenvalue weighted by molar-refractivity contribution is -0.000398. The molecular weight excluding hydrogens is 247 g/mol. The maximum absolute atomic E-state index is 12.4. The van der Waals surface area contributed by atoms with Gasteiger partial charge in [-0.05, 0) is 17.5 Å². The van der Waals surface area contributed by atoms with Crippen molar-refractivity contribution in [3.63, 3.8) is 0 Å². The van der Waals surface area contributed by atoms with E-state index in [1.54, 1.807) is 18.2 Å². The second kappa shape index (κ2) is 5.12. The van der Waals surface area contributed by atoms with E-state index in [0.29, 0.717) is 5.39 Å². The molecule has 0 saturated heterocycles. The summed E-state index contributed by atoms with van der Waals surface area (Å²) < 4.78 is 42.1. The Balaban J connectivity index is 2.48. The zero-order chi connectivity index (χ0) is 13.1. The Morgan fingerprint density at radius 2 is 2.06 bits per heavy atom. The molecular formula is C12H10F3NO2. The van der Waals surface area contributed by atoms with Crippen LogP contribution in [0.3, 0.4) is 0 Å². The van der Waals surface area contributed by atoms with E-state index in [1.165, 1.54) is 12.3 Å². The zero-order valence-corrected chi connectivity index (χ0v) is 9.20. The molecule has 18 heavy (non-hydrogen) atoms. The van der Waals surface area contributed by atoms with E-state index in [1.807, 2.05) is 0 Å². The van der Waals surface area contributed by atoms with Crippen LogP contribution in [-0.4, -0.2) is 24.2 Å². The smallest absolute Gasteiger partial charge is 0.277 e. The molecule has 6 heteroatoms. The van der Waals surface area contributed by atoms with Gasteiger partial charge in [0.15, 0.2) is 6.10 Å². The summed E-state index contributed by atoms with van der Waals surface area (Å²) in [6.45, 7) is -1.32. The lowest BCUT2D eigenvalue weighted by Crippen LogP contribution is -2.28. The number of nitrogens with one attached hydrogen (secondary N) is 1. The molecule has 0 aliphatic rings. The summed E-state index contributed by atoms with van der Waals surface area (Å²) in [7, 11) is 0. The minimum absolute atomic E-state index is 0.0442. The molecule has 2 rings (SSSR count). The molecule has 1 unspecified atom stereocenters. The predicted molar refractivity (Wildman–Crippen MR) is 61.0 cm³/mol. The van der Waals surface area contributed by atoms with Crippen LogP contribution in [0.2, 0.25) is 0 Å². The highest BCUT2D eigenvalue weighted by Gasteiger charge is 2.23. The standard InChI is InChI=1S/C12H10F3NO2/c13-6-9(11(14)15)18-8-3-1-2-7-4-5-16-12(17)10(7)8/h1-5,9,11H,6H2,(H,16,17). The average Bonchev–Trinajstić information content (AvgIpc) is 2.35. The molecule has 0 fully saturated rings. The van der Waals surface area contributed by atoms with Crippen LogP contribution < -0.4 is 10.3 Å². The van der Waals surface area contributed by atoms with Crippen molar-refractivity contribution in [2.45, 2.75) is 12.5 Å². The van der Waals surface area contributed by atoms with Crippen LogP contribution in [0, 0.1) is 0 Å². The molecule has 1 N–H and O–H groups in total. The van der Waals surface area contributed by atoms with Gasteiger partial charge in [0.05, 0.1) is 5.39 Å². The summed E-state index contributed by atoms with van der Waals surface area (Å²) in [5, 5.41) is 0.683. The Bertz CT molecular complexity index is 592. The number of hydrogen-bond acceptors (Lipinski definition) is 2. The monoisotopic (exact) mass is 257 g/mol. The topological polar surface area (TPSA) is 42.1 Å². The molecule has 0 amide bonds. The zero-order valence-electron chi connectivity index (χ0n) is 9.20. The molecule has 1 aromatic heterocycles. The van der Waals surface area contributed by atoms with E-state index in [4.69, 9.17) is 4.74 Å². The molecule has 0 aliphatic heterocycles. The minimum Gasteiger partial charge on any atom is -0.481 e. The highest BCUT2D eigenvalue weighted by molar-refractivity contribution is 5.87. The van der Waals surface area contributed by atoms with E-state index in [2.05, 4.69) is 4.98 Å². The van der Waals surface area contributed by atoms with Gasteiger partial charge in [-0.3, -0.25) is 4.79 Å². The van der Waals surface area contributed by atoms with Crippen LogP contribution >= 0.6 is 0 Å². The molecule has 2 aromatic rings. The van der Waals surface area contributed by atoms with Gasteiger partial charge < -0.3 is 9.72 Å². The summed E-state index contributed by atoms with van der Waals surface area (Å²) in [6, 6.07) is 6.17. The fourth-order valence-corrected chi connectivity index (χ4v) is 1.62. The number of hydrogen-bond donors (Lipinski definition) is 1. The summed E-state index contributed by atoms with van der Waals surface area (Å²) in [5.41, 5.74) is -0.463. The van der Waals surface area contributed by atoms with Crippen LogP contribution in [0.5, 0.6) is 5.75 Å². The highest BCUT2D eigenvalue weighted by atomic mass is 19.3. The van der Waals surface area contributed by atoms with Crippen molar-refractivity contribution in [1.29, 1.82) is 0 Å². The molecule has 0 aliphatic carbocycles. The molecule has 0 saturated carbocycles. The summed E-state index contributed by atoms with van der Waals surface area (Å²) in [4.78, 5) is 14.0. The van der Waals surface area contributed by atoms with Gasteiger partial charge in [-0.25, -0.2) is 13.2 Å². The largest absolute Gasteiger partial charge is 0.481 e. The molecule has 1 heterocycles. The third-order valence-electron chi connectivity index (χ3n) is 2.47. The quantitative estimate of drug-likeness (QED) is 0.914. The second-order valence-electron chi connectivity index (χ2n) is 3.67. The lowest BCUT2D eigenvalue weighted by atomic mass is 10.1. The fourth-order valence-electron chi connectivity index (χ4n) is 1.62. The van der Waals surface area contributed by atoms with Crippen LogP contribution in [0.15, 0.2) is 35.3 Å². The van der Waals surface area contributed by atoms with Crippen LogP contribution in [0.4, 0.5) is 13.2 Å². The number of ether oxygens (including phenoxy) is 1. The SMILES string of the molecule is O=c1[nH]ccc2cccc(OC(CF)C(F)F)c12. The number of aromatic nitrogens is 1. The fraction of sp³-hybridized carbons (Fsp3) is 0.250. The number of alkyl halides is 3.